The first-order valence-electron chi connectivity index (χ1n) is 2.99. The van der Waals surface area contributed by atoms with Crippen molar-refractivity contribution in [1.29, 1.82) is 0 Å². The Balaban J connectivity index is 2.29. The molecule has 0 bridgehead atoms. The molecule has 42 valence electrons. The highest BCUT2D eigenvalue weighted by molar-refractivity contribution is 7.81. The molecular weight excluding hydrogens is 104 g/mol. The fourth-order valence-electron chi connectivity index (χ4n) is 0.938. The van der Waals surface area contributed by atoms with E-state index in [1.807, 2.05) is 0 Å². The second-order valence-electron chi connectivity index (χ2n) is 2.43. The van der Waals surface area contributed by atoms with E-state index in [1.165, 1.54) is 25.7 Å². The van der Waals surface area contributed by atoms with Crippen molar-refractivity contribution in [1.82, 2.24) is 0 Å². The van der Waals surface area contributed by atoms with E-state index in [1.54, 1.807) is 0 Å². The van der Waals surface area contributed by atoms with Gasteiger partial charge in [-0.2, -0.15) is 12.6 Å². The summed E-state index contributed by atoms with van der Waals surface area (Å²) in [5.74, 6) is 0. The van der Waals surface area contributed by atoms with Crippen LogP contribution in [0.1, 0.15) is 32.6 Å². The average Bonchev–Trinajstić information content (AvgIpc) is 1.61. The summed E-state index contributed by atoms with van der Waals surface area (Å²) in [6.45, 7) is 2.21. The summed E-state index contributed by atoms with van der Waals surface area (Å²) in [5, 5.41) is 0. The summed E-state index contributed by atoms with van der Waals surface area (Å²) in [4.78, 5) is 0. The van der Waals surface area contributed by atoms with Gasteiger partial charge in [0.1, 0.15) is 0 Å². The van der Waals surface area contributed by atoms with Gasteiger partial charge >= 0.3 is 0 Å². The first-order valence-corrected chi connectivity index (χ1v) is 3.44. The van der Waals surface area contributed by atoms with Crippen LogP contribution in [0.2, 0.25) is 0 Å². The lowest BCUT2D eigenvalue weighted by Crippen LogP contribution is -2.28. The third-order valence-corrected chi connectivity index (χ3v) is 2.71. The minimum absolute atomic E-state index is 0.458. The molecule has 0 N–H and O–H groups in total. The van der Waals surface area contributed by atoms with Crippen LogP contribution in [0.3, 0.4) is 0 Å². The Morgan fingerprint density at radius 2 is 2.14 bits per heavy atom. The third kappa shape index (κ3) is 0.933. The number of rotatable bonds is 1. The predicted octanol–water partition coefficient (Wildman–Crippen LogP) is 2.25. The van der Waals surface area contributed by atoms with E-state index >= 15 is 0 Å². The van der Waals surface area contributed by atoms with E-state index in [9.17, 15) is 0 Å². The van der Waals surface area contributed by atoms with Crippen LogP contribution in [0.25, 0.3) is 0 Å². The van der Waals surface area contributed by atoms with Crippen molar-refractivity contribution in [2.45, 2.75) is 37.4 Å². The lowest BCUT2D eigenvalue weighted by Gasteiger charge is -2.36. The minimum atomic E-state index is 0.458. The van der Waals surface area contributed by atoms with E-state index in [-0.39, 0.29) is 0 Å². The third-order valence-electron chi connectivity index (χ3n) is 1.94. The van der Waals surface area contributed by atoms with Gasteiger partial charge in [-0.1, -0.05) is 13.3 Å². The van der Waals surface area contributed by atoms with Crippen molar-refractivity contribution in [2.75, 3.05) is 0 Å². The van der Waals surface area contributed by atoms with Crippen LogP contribution >= 0.6 is 12.6 Å². The molecule has 7 heavy (non-hydrogen) atoms. The smallest absolute Gasteiger partial charge is 0.0127 e. The summed E-state index contributed by atoms with van der Waals surface area (Å²) in [5.41, 5.74) is 0. The molecule has 0 atom stereocenters. The fourth-order valence-corrected chi connectivity index (χ4v) is 1.25. The number of thiol groups is 1. The molecule has 1 fully saturated rings. The Morgan fingerprint density at radius 1 is 1.57 bits per heavy atom. The van der Waals surface area contributed by atoms with Crippen LogP contribution in [0, 0.1) is 0 Å². The summed E-state index contributed by atoms with van der Waals surface area (Å²) in [7, 11) is 0. The Kier molecular flexibility index (Phi) is 1.33. The van der Waals surface area contributed by atoms with E-state index in [0.29, 0.717) is 4.75 Å². The maximum Gasteiger partial charge on any atom is 0.0127 e. The van der Waals surface area contributed by atoms with Crippen LogP contribution in [0.4, 0.5) is 0 Å². The van der Waals surface area contributed by atoms with Gasteiger partial charge in [-0.3, -0.25) is 0 Å². The predicted molar refractivity (Wildman–Crippen MR) is 35.9 cm³/mol. The van der Waals surface area contributed by atoms with E-state index in [4.69, 9.17) is 0 Å². The van der Waals surface area contributed by atoms with Crippen molar-refractivity contribution < 1.29 is 0 Å². The molecule has 0 aliphatic heterocycles. The highest BCUT2D eigenvalue weighted by atomic mass is 32.1. The van der Waals surface area contributed by atoms with Gasteiger partial charge in [0, 0.05) is 4.75 Å². The molecule has 0 saturated heterocycles. The van der Waals surface area contributed by atoms with Crippen molar-refractivity contribution >= 4 is 12.6 Å². The van der Waals surface area contributed by atoms with Crippen molar-refractivity contribution in [3.8, 4) is 0 Å². The Morgan fingerprint density at radius 3 is 2.14 bits per heavy atom. The molecule has 1 heteroatoms. The zero-order chi connectivity index (χ0) is 5.33. The van der Waals surface area contributed by atoms with E-state index in [0.717, 1.165) is 0 Å². The average molecular weight is 116 g/mol. The van der Waals surface area contributed by atoms with Crippen LogP contribution in [0.15, 0.2) is 0 Å². The van der Waals surface area contributed by atoms with E-state index < -0.39 is 0 Å². The maximum atomic E-state index is 4.47. The molecule has 0 radical (unpaired) electrons. The largest absolute Gasteiger partial charge is 0.173 e. The summed E-state index contributed by atoms with van der Waals surface area (Å²) >= 11 is 4.47. The molecule has 1 aliphatic rings. The quantitative estimate of drug-likeness (QED) is 0.499. The van der Waals surface area contributed by atoms with E-state index in [2.05, 4.69) is 19.6 Å². The lowest BCUT2D eigenvalue weighted by atomic mass is 9.82. The molecule has 0 spiro atoms. The van der Waals surface area contributed by atoms with Crippen LogP contribution in [0.5, 0.6) is 0 Å². The fraction of sp³-hybridized carbons (Fsp3) is 1.00. The first kappa shape index (κ1) is 5.49. The zero-order valence-corrected chi connectivity index (χ0v) is 5.67. The Labute approximate surface area is 50.7 Å². The normalized spacial score (nSPS) is 26.6. The maximum absolute atomic E-state index is 4.47. The van der Waals surface area contributed by atoms with Gasteiger partial charge in [0.15, 0.2) is 0 Å². The monoisotopic (exact) mass is 116 g/mol. The van der Waals surface area contributed by atoms with Gasteiger partial charge in [-0.25, -0.2) is 0 Å². The lowest BCUT2D eigenvalue weighted by molar-refractivity contribution is 0.356. The minimum Gasteiger partial charge on any atom is -0.173 e. The molecule has 1 rings (SSSR count). The number of hydrogen-bond acceptors (Lipinski definition) is 1. The molecule has 0 amide bonds. The summed E-state index contributed by atoms with van der Waals surface area (Å²) in [6, 6.07) is 0. The second-order valence-corrected chi connectivity index (χ2v) is 3.38. The molecular formula is C6H12S. The molecule has 0 heterocycles. The topological polar surface area (TPSA) is 0 Å². The molecule has 0 nitrogen and oxygen atoms in total. The SMILES string of the molecule is CCC1(S)CCC1. The second kappa shape index (κ2) is 1.70. The van der Waals surface area contributed by atoms with Gasteiger partial charge in [-0.05, 0) is 19.3 Å². The first-order chi connectivity index (χ1) is 3.27. The van der Waals surface area contributed by atoms with Gasteiger partial charge in [0.2, 0.25) is 0 Å². The Hall–Kier alpha value is 0.350. The van der Waals surface area contributed by atoms with Gasteiger partial charge < -0.3 is 0 Å². The molecule has 0 unspecified atom stereocenters. The molecule has 0 aromatic rings. The van der Waals surface area contributed by atoms with Gasteiger partial charge in [0.25, 0.3) is 0 Å². The Bertz CT molecular complexity index is 59.1. The van der Waals surface area contributed by atoms with Gasteiger partial charge in [0.05, 0.1) is 0 Å². The molecule has 0 aromatic carbocycles. The zero-order valence-electron chi connectivity index (χ0n) is 4.78. The standard InChI is InChI=1S/C6H12S/c1-2-6(7)4-3-5-6/h7H,2-5H2,1H3. The van der Waals surface area contributed by atoms with Crippen molar-refractivity contribution in [3.05, 3.63) is 0 Å². The van der Waals surface area contributed by atoms with Crippen molar-refractivity contribution in [3.63, 3.8) is 0 Å². The number of hydrogen-bond donors (Lipinski definition) is 1. The molecule has 1 aliphatic carbocycles. The summed E-state index contributed by atoms with van der Waals surface area (Å²) in [6.07, 6.45) is 5.33. The highest BCUT2D eigenvalue weighted by Crippen LogP contribution is 2.40. The van der Waals surface area contributed by atoms with Crippen LogP contribution in [-0.2, 0) is 0 Å². The van der Waals surface area contributed by atoms with Crippen molar-refractivity contribution in [2.24, 2.45) is 0 Å². The van der Waals surface area contributed by atoms with Crippen LogP contribution in [-0.4, -0.2) is 4.75 Å². The van der Waals surface area contributed by atoms with Gasteiger partial charge in [-0.15, -0.1) is 0 Å². The highest BCUT2D eigenvalue weighted by Gasteiger charge is 2.30. The van der Waals surface area contributed by atoms with Crippen LogP contribution < -0.4 is 0 Å². The molecule has 1 saturated carbocycles. The summed E-state index contributed by atoms with van der Waals surface area (Å²) < 4.78 is 0.458. The molecule has 0 aromatic heterocycles.